The number of para-hydroxylation sites is 1. The number of aromatic amines is 1. The van der Waals surface area contributed by atoms with Crippen LogP contribution in [-0.4, -0.2) is 14.6 Å². The molecule has 4 nitrogen and oxygen atoms in total. The van der Waals surface area contributed by atoms with Crippen molar-refractivity contribution >= 4 is 16.6 Å². The van der Waals surface area contributed by atoms with Crippen molar-refractivity contribution in [2.45, 2.75) is 19.8 Å². The van der Waals surface area contributed by atoms with Gasteiger partial charge in [-0.25, -0.2) is 4.52 Å². The molecule has 0 aliphatic carbocycles. The SMILES string of the molecule is CC(C)c1cc2[nH]c(=O)c3ccccc3n2n1. The average molecular weight is 227 g/mol. The van der Waals surface area contributed by atoms with Crippen molar-refractivity contribution in [1.29, 1.82) is 0 Å². The first-order valence-corrected chi connectivity index (χ1v) is 5.67. The van der Waals surface area contributed by atoms with Gasteiger partial charge in [0.2, 0.25) is 0 Å². The number of nitrogens with zero attached hydrogens (tertiary/aromatic N) is 2. The number of hydrogen-bond acceptors (Lipinski definition) is 2. The Hall–Kier alpha value is -2.10. The first kappa shape index (κ1) is 10.1. The van der Waals surface area contributed by atoms with E-state index in [4.69, 9.17) is 0 Å². The van der Waals surface area contributed by atoms with Crippen LogP contribution < -0.4 is 5.56 Å². The van der Waals surface area contributed by atoms with Crippen LogP contribution in [-0.2, 0) is 0 Å². The van der Waals surface area contributed by atoms with Crippen molar-refractivity contribution in [1.82, 2.24) is 14.6 Å². The summed E-state index contributed by atoms with van der Waals surface area (Å²) in [4.78, 5) is 14.7. The van der Waals surface area contributed by atoms with E-state index < -0.39 is 0 Å². The number of fused-ring (bicyclic) bond motifs is 3. The Balaban J connectivity index is 2.50. The first-order valence-electron chi connectivity index (χ1n) is 5.67. The normalized spacial score (nSPS) is 11.7. The van der Waals surface area contributed by atoms with Gasteiger partial charge in [-0.2, -0.15) is 5.10 Å². The standard InChI is InChI=1S/C13H13N3O/c1-8(2)10-7-12-14-13(17)9-5-3-4-6-11(9)16(12)15-10/h3-8H,1-2H3,(H,14,17). The lowest BCUT2D eigenvalue weighted by molar-refractivity contribution is 0.795. The lowest BCUT2D eigenvalue weighted by Crippen LogP contribution is -2.09. The van der Waals surface area contributed by atoms with Crippen molar-refractivity contribution < 1.29 is 0 Å². The van der Waals surface area contributed by atoms with Gasteiger partial charge in [-0.05, 0) is 18.1 Å². The zero-order valence-corrected chi connectivity index (χ0v) is 9.77. The molecule has 0 spiro atoms. The summed E-state index contributed by atoms with van der Waals surface area (Å²) in [7, 11) is 0. The maximum Gasteiger partial charge on any atom is 0.259 e. The zero-order valence-electron chi connectivity index (χ0n) is 9.77. The quantitative estimate of drug-likeness (QED) is 0.693. The number of H-pyrrole nitrogens is 1. The van der Waals surface area contributed by atoms with Crippen LogP contribution in [0.2, 0.25) is 0 Å². The predicted molar refractivity (Wildman–Crippen MR) is 67.4 cm³/mol. The minimum atomic E-state index is -0.0664. The van der Waals surface area contributed by atoms with E-state index in [0.29, 0.717) is 11.3 Å². The van der Waals surface area contributed by atoms with E-state index >= 15 is 0 Å². The second kappa shape index (κ2) is 3.45. The molecule has 0 amide bonds. The van der Waals surface area contributed by atoms with Crippen LogP contribution in [0, 0.1) is 0 Å². The molecule has 0 saturated carbocycles. The average Bonchev–Trinajstić information content (AvgIpc) is 2.73. The zero-order chi connectivity index (χ0) is 12.0. The van der Waals surface area contributed by atoms with Gasteiger partial charge in [0.25, 0.3) is 5.56 Å². The topological polar surface area (TPSA) is 50.2 Å². The molecule has 2 aromatic heterocycles. The van der Waals surface area contributed by atoms with E-state index in [1.54, 1.807) is 4.52 Å². The van der Waals surface area contributed by atoms with Crippen LogP contribution in [0.15, 0.2) is 35.1 Å². The highest BCUT2D eigenvalue weighted by atomic mass is 16.1. The molecule has 4 heteroatoms. The number of benzene rings is 1. The van der Waals surface area contributed by atoms with Crippen molar-refractivity contribution in [2.75, 3.05) is 0 Å². The van der Waals surface area contributed by atoms with Gasteiger partial charge in [-0.3, -0.25) is 4.79 Å². The van der Waals surface area contributed by atoms with E-state index in [-0.39, 0.29) is 5.56 Å². The Labute approximate surface area is 97.9 Å². The Morgan fingerprint density at radius 3 is 2.82 bits per heavy atom. The number of aromatic nitrogens is 3. The van der Waals surface area contributed by atoms with Crippen molar-refractivity contribution in [3.8, 4) is 0 Å². The van der Waals surface area contributed by atoms with Gasteiger partial charge < -0.3 is 4.98 Å². The summed E-state index contributed by atoms with van der Waals surface area (Å²) in [6, 6.07) is 9.42. The molecule has 3 rings (SSSR count). The molecule has 2 heterocycles. The molecule has 1 N–H and O–H groups in total. The van der Waals surface area contributed by atoms with E-state index in [9.17, 15) is 4.79 Å². The third-order valence-corrected chi connectivity index (χ3v) is 2.94. The smallest absolute Gasteiger partial charge is 0.259 e. The fourth-order valence-corrected chi connectivity index (χ4v) is 1.99. The third kappa shape index (κ3) is 1.45. The molecule has 0 fully saturated rings. The van der Waals surface area contributed by atoms with Crippen molar-refractivity contribution in [2.24, 2.45) is 0 Å². The number of nitrogens with one attached hydrogen (secondary N) is 1. The highest BCUT2D eigenvalue weighted by Gasteiger charge is 2.09. The Kier molecular flexibility index (Phi) is 2.04. The summed E-state index contributed by atoms with van der Waals surface area (Å²) < 4.78 is 1.80. The molecule has 0 aliphatic heterocycles. The Morgan fingerprint density at radius 2 is 2.06 bits per heavy atom. The monoisotopic (exact) mass is 227 g/mol. The van der Waals surface area contributed by atoms with Gasteiger partial charge >= 0.3 is 0 Å². The van der Waals surface area contributed by atoms with Gasteiger partial charge in [0.05, 0.1) is 16.6 Å². The molecule has 3 aromatic rings. The first-order chi connectivity index (χ1) is 8.16. The highest BCUT2D eigenvalue weighted by Crippen LogP contribution is 2.16. The van der Waals surface area contributed by atoms with Gasteiger partial charge in [0, 0.05) is 6.07 Å². The largest absolute Gasteiger partial charge is 0.306 e. The molecule has 0 bridgehead atoms. The Bertz CT molecular complexity index is 752. The third-order valence-electron chi connectivity index (χ3n) is 2.94. The van der Waals surface area contributed by atoms with Gasteiger partial charge in [0.1, 0.15) is 5.65 Å². The van der Waals surface area contributed by atoms with E-state index in [1.165, 1.54) is 0 Å². The van der Waals surface area contributed by atoms with Gasteiger partial charge in [-0.1, -0.05) is 26.0 Å². The molecule has 0 aliphatic rings. The van der Waals surface area contributed by atoms with Crippen LogP contribution in [0.1, 0.15) is 25.5 Å². The fraction of sp³-hybridized carbons (Fsp3) is 0.231. The molecule has 0 atom stereocenters. The van der Waals surface area contributed by atoms with Crippen LogP contribution in [0.3, 0.4) is 0 Å². The van der Waals surface area contributed by atoms with Crippen molar-refractivity contribution in [3.05, 3.63) is 46.4 Å². The van der Waals surface area contributed by atoms with Gasteiger partial charge in [0.15, 0.2) is 0 Å². The minimum Gasteiger partial charge on any atom is -0.306 e. The molecule has 0 unspecified atom stereocenters. The molecular weight excluding hydrogens is 214 g/mol. The molecule has 0 radical (unpaired) electrons. The molecule has 86 valence electrons. The summed E-state index contributed by atoms with van der Waals surface area (Å²) in [6.45, 7) is 4.17. The summed E-state index contributed by atoms with van der Waals surface area (Å²) in [5, 5.41) is 5.19. The maximum atomic E-state index is 11.9. The summed E-state index contributed by atoms with van der Waals surface area (Å²) >= 11 is 0. The highest BCUT2D eigenvalue weighted by molar-refractivity contribution is 5.79. The second-order valence-corrected chi connectivity index (χ2v) is 4.49. The second-order valence-electron chi connectivity index (χ2n) is 4.49. The number of hydrogen-bond donors (Lipinski definition) is 1. The fourth-order valence-electron chi connectivity index (χ4n) is 1.99. The maximum absolute atomic E-state index is 11.9. The van der Waals surface area contributed by atoms with Crippen LogP contribution in [0.5, 0.6) is 0 Å². The molecule has 17 heavy (non-hydrogen) atoms. The molecular formula is C13H13N3O. The van der Waals surface area contributed by atoms with Crippen LogP contribution in [0.4, 0.5) is 0 Å². The summed E-state index contributed by atoms with van der Waals surface area (Å²) in [6.07, 6.45) is 0. The lowest BCUT2D eigenvalue weighted by atomic mass is 10.1. The molecule has 1 aromatic carbocycles. The predicted octanol–water partition coefficient (Wildman–Crippen LogP) is 2.30. The van der Waals surface area contributed by atoms with Crippen LogP contribution in [0.25, 0.3) is 16.6 Å². The summed E-state index contributed by atoms with van der Waals surface area (Å²) in [5.41, 5.74) is 2.51. The number of rotatable bonds is 1. The van der Waals surface area contributed by atoms with Gasteiger partial charge in [-0.15, -0.1) is 0 Å². The minimum absolute atomic E-state index is 0.0664. The van der Waals surface area contributed by atoms with E-state index in [2.05, 4.69) is 23.9 Å². The molecule has 0 saturated heterocycles. The van der Waals surface area contributed by atoms with E-state index in [0.717, 1.165) is 16.9 Å². The Morgan fingerprint density at radius 1 is 1.29 bits per heavy atom. The van der Waals surface area contributed by atoms with Crippen LogP contribution >= 0.6 is 0 Å². The lowest BCUT2D eigenvalue weighted by Gasteiger charge is -2.00. The van der Waals surface area contributed by atoms with Crippen molar-refractivity contribution in [3.63, 3.8) is 0 Å². The van der Waals surface area contributed by atoms with E-state index in [1.807, 2.05) is 30.3 Å². The summed E-state index contributed by atoms with van der Waals surface area (Å²) in [5.74, 6) is 0.345.